The zero-order valence-electron chi connectivity index (χ0n) is 16.8. The Kier molecular flexibility index (Phi) is 4.78. The quantitative estimate of drug-likeness (QED) is 0.641. The lowest BCUT2D eigenvalue weighted by atomic mass is 10.0. The van der Waals surface area contributed by atoms with Crippen molar-refractivity contribution < 1.29 is 14.0 Å². The molecule has 0 aliphatic carbocycles. The first kappa shape index (κ1) is 19.1. The van der Waals surface area contributed by atoms with Crippen LogP contribution in [0.5, 0.6) is 0 Å². The highest BCUT2D eigenvalue weighted by molar-refractivity contribution is 6.35. The van der Waals surface area contributed by atoms with E-state index in [1.807, 2.05) is 17.0 Å². The minimum Gasteiger partial charge on any atom is -0.368 e. The van der Waals surface area contributed by atoms with E-state index in [2.05, 4.69) is 15.2 Å². The smallest absolute Gasteiger partial charge is 0.256 e. The van der Waals surface area contributed by atoms with Gasteiger partial charge in [0.2, 0.25) is 0 Å². The summed E-state index contributed by atoms with van der Waals surface area (Å²) >= 11 is 0. The number of rotatable bonds is 3. The number of halogens is 1. The Hall–Kier alpha value is -3.87. The normalized spacial score (nSPS) is 17.1. The van der Waals surface area contributed by atoms with Crippen LogP contribution in [-0.2, 0) is 4.79 Å². The lowest BCUT2D eigenvalue weighted by Gasteiger charge is -2.36. The fourth-order valence-electron chi connectivity index (χ4n) is 4.06. The summed E-state index contributed by atoms with van der Waals surface area (Å²) < 4.78 is 13.2. The Labute approximate surface area is 179 Å². The molecule has 3 heterocycles. The van der Waals surface area contributed by atoms with Gasteiger partial charge in [0.25, 0.3) is 11.8 Å². The van der Waals surface area contributed by atoms with Gasteiger partial charge in [-0.15, -0.1) is 0 Å². The van der Waals surface area contributed by atoms with Gasteiger partial charge in [-0.2, -0.15) is 0 Å². The molecule has 5 rings (SSSR count). The summed E-state index contributed by atoms with van der Waals surface area (Å²) in [6.45, 7) is 2.52. The molecule has 0 bridgehead atoms. The zero-order valence-corrected chi connectivity index (χ0v) is 16.8. The Bertz CT molecular complexity index is 1160. The van der Waals surface area contributed by atoms with Crippen LogP contribution in [0.25, 0.3) is 11.6 Å². The SMILES string of the molecule is O=C1Nc2ccc(C(=O)N3CCN(c4ccc(F)cc4)CC3)cc2/C1=C/c1ccc[nH]1. The first-order valence-electron chi connectivity index (χ1n) is 10.2. The molecule has 31 heavy (non-hydrogen) atoms. The molecule has 2 aliphatic rings. The van der Waals surface area contributed by atoms with Crippen LogP contribution in [0.4, 0.5) is 15.8 Å². The number of carbonyl (C=O) groups is 2. The number of carbonyl (C=O) groups excluding carboxylic acids is 2. The average Bonchev–Trinajstić information content (AvgIpc) is 3.42. The predicted octanol–water partition coefficient (Wildman–Crippen LogP) is 3.61. The lowest BCUT2D eigenvalue weighted by molar-refractivity contribution is -0.110. The number of benzene rings is 2. The van der Waals surface area contributed by atoms with Gasteiger partial charge in [0.1, 0.15) is 5.82 Å². The van der Waals surface area contributed by atoms with Crippen molar-refractivity contribution >= 4 is 34.8 Å². The van der Waals surface area contributed by atoms with E-state index in [0.29, 0.717) is 43.0 Å². The van der Waals surface area contributed by atoms with Crippen molar-refractivity contribution in [1.29, 1.82) is 0 Å². The molecule has 1 saturated heterocycles. The van der Waals surface area contributed by atoms with Gasteiger partial charge in [-0.3, -0.25) is 9.59 Å². The van der Waals surface area contributed by atoms with Crippen molar-refractivity contribution in [2.24, 2.45) is 0 Å². The van der Waals surface area contributed by atoms with Gasteiger partial charge in [0, 0.05) is 60.6 Å². The minimum absolute atomic E-state index is 0.0554. The van der Waals surface area contributed by atoms with Gasteiger partial charge in [-0.25, -0.2) is 4.39 Å². The highest BCUT2D eigenvalue weighted by Crippen LogP contribution is 2.34. The maximum atomic E-state index is 13.2. The van der Waals surface area contributed by atoms with E-state index in [-0.39, 0.29) is 17.6 Å². The van der Waals surface area contributed by atoms with E-state index in [0.717, 1.165) is 16.9 Å². The average molecular weight is 416 g/mol. The third-order valence-electron chi connectivity index (χ3n) is 5.73. The van der Waals surface area contributed by atoms with Crippen LogP contribution in [0.3, 0.4) is 0 Å². The second-order valence-electron chi connectivity index (χ2n) is 7.65. The van der Waals surface area contributed by atoms with Gasteiger partial charge in [0.05, 0.1) is 5.57 Å². The van der Waals surface area contributed by atoms with Gasteiger partial charge < -0.3 is 20.1 Å². The predicted molar refractivity (Wildman–Crippen MR) is 118 cm³/mol. The first-order chi connectivity index (χ1) is 15.1. The van der Waals surface area contributed by atoms with E-state index in [1.165, 1.54) is 12.1 Å². The summed E-state index contributed by atoms with van der Waals surface area (Å²) in [5.41, 5.74) is 4.31. The maximum absolute atomic E-state index is 13.2. The van der Waals surface area contributed by atoms with Crippen LogP contribution in [-0.4, -0.2) is 47.9 Å². The molecular formula is C24H21FN4O2. The molecule has 2 aliphatic heterocycles. The molecule has 0 radical (unpaired) electrons. The number of nitrogens with zero attached hydrogens (tertiary/aromatic N) is 2. The minimum atomic E-state index is -0.258. The third kappa shape index (κ3) is 3.70. The monoisotopic (exact) mass is 416 g/mol. The molecule has 156 valence electrons. The summed E-state index contributed by atoms with van der Waals surface area (Å²) in [7, 11) is 0. The number of aromatic amines is 1. The van der Waals surface area contributed by atoms with Crippen LogP contribution in [0.2, 0.25) is 0 Å². The van der Waals surface area contributed by atoms with E-state index in [9.17, 15) is 14.0 Å². The standard InChI is InChI=1S/C24H21FN4O2/c25-17-4-6-19(7-5-17)28-10-12-29(13-11-28)24(31)16-3-8-22-20(14-16)21(23(30)27-22)15-18-2-1-9-26-18/h1-9,14-15,26H,10-13H2,(H,27,30)/b21-15-. The number of amides is 2. The first-order valence-corrected chi connectivity index (χ1v) is 10.2. The highest BCUT2D eigenvalue weighted by Gasteiger charge is 2.27. The van der Waals surface area contributed by atoms with E-state index < -0.39 is 0 Å². The summed E-state index contributed by atoms with van der Waals surface area (Å²) in [5.74, 6) is -0.492. The number of hydrogen-bond donors (Lipinski definition) is 2. The molecule has 1 fully saturated rings. The second kappa shape index (κ2) is 7.75. The van der Waals surface area contributed by atoms with E-state index >= 15 is 0 Å². The molecule has 2 aromatic carbocycles. The summed E-state index contributed by atoms with van der Waals surface area (Å²) in [6.07, 6.45) is 3.59. The van der Waals surface area contributed by atoms with Crippen molar-refractivity contribution in [3.8, 4) is 0 Å². The molecule has 2 N–H and O–H groups in total. The van der Waals surface area contributed by atoms with Crippen molar-refractivity contribution in [3.05, 3.63) is 83.4 Å². The highest BCUT2D eigenvalue weighted by atomic mass is 19.1. The van der Waals surface area contributed by atoms with Gasteiger partial charge in [-0.1, -0.05) is 0 Å². The summed E-state index contributed by atoms with van der Waals surface area (Å²) in [4.78, 5) is 32.6. The summed E-state index contributed by atoms with van der Waals surface area (Å²) in [6, 6.07) is 15.5. The van der Waals surface area contributed by atoms with Crippen molar-refractivity contribution in [2.75, 3.05) is 36.4 Å². The fraction of sp³-hybridized carbons (Fsp3) is 0.167. The number of nitrogens with one attached hydrogen (secondary N) is 2. The number of piperazine rings is 1. The third-order valence-corrected chi connectivity index (χ3v) is 5.73. The molecule has 0 atom stereocenters. The Morgan fingerprint density at radius 1 is 1.00 bits per heavy atom. The molecule has 2 amide bonds. The van der Waals surface area contributed by atoms with Crippen LogP contribution >= 0.6 is 0 Å². The number of anilines is 2. The molecule has 1 aromatic heterocycles. The molecule has 0 spiro atoms. The van der Waals surface area contributed by atoms with E-state index in [1.54, 1.807) is 42.6 Å². The van der Waals surface area contributed by atoms with Gasteiger partial charge in [0.15, 0.2) is 0 Å². The molecule has 3 aromatic rings. The fourth-order valence-corrected chi connectivity index (χ4v) is 4.06. The van der Waals surface area contributed by atoms with Crippen LogP contribution < -0.4 is 10.2 Å². The summed E-state index contributed by atoms with van der Waals surface area (Å²) in [5, 5.41) is 2.85. The molecule has 0 unspecified atom stereocenters. The lowest BCUT2D eigenvalue weighted by Crippen LogP contribution is -2.48. The number of fused-ring (bicyclic) bond motifs is 1. The maximum Gasteiger partial charge on any atom is 0.256 e. The number of hydrogen-bond acceptors (Lipinski definition) is 3. The van der Waals surface area contributed by atoms with Gasteiger partial charge in [-0.05, 0) is 60.7 Å². The second-order valence-corrected chi connectivity index (χ2v) is 7.65. The van der Waals surface area contributed by atoms with Crippen molar-refractivity contribution in [1.82, 2.24) is 9.88 Å². The van der Waals surface area contributed by atoms with Crippen molar-refractivity contribution in [3.63, 3.8) is 0 Å². The van der Waals surface area contributed by atoms with Gasteiger partial charge >= 0.3 is 0 Å². The zero-order chi connectivity index (χ0) is 21.4. The Morgan fingerprint density at radius 2 is 1.77 bits per heavy atom. The molecule has 6 nitrogen and oxygen atoms in total. The molecule has 0 saturated carbocycles. The topological polar surface area (TPSA) is 68.4 Å². The number of H-pyrrole nitrogens is 1. The van der Waals surface area contributed by atoms with E-state index in [4.69, 9.17) is 0 Å². The molecule has 7 heteroatoms. The largest absolute Gasteiger partial charge is 0.368 e. The number of aromatic nitrogens is 1. The van der Waals surface area contributed by atoms with Crippen molar-refractivity contribution in [2.45, 2.75) is 0 Å². The Balaban J connectivity index is 1.33. The Morgan fingerprint density at radius 3 is 2.48 bits per heavy atom. The van der Waals surface area contributed by atoms with Crippen LogP contribution in [0, 0.1) is 5.82 Å². The van der Waals surface area contributed by atoms with Crippen LogP contribution in [0.15, 0.2) is 60.8 Å². The molecular weight excluding hydrogens is 395 g/mol. The van der Waals surface area contributed by atoms with Crippen LogP contribution in [0.1, 0.15) is 21.6 Å².